The van der Waals surface area contributed by atoms with Gasteiger partial charge in [0.1, 0.15) is 24.3 Å². The molecule has 5 N–H and O–H groups in total. The summed E-state index contributed by atoms with van der Waals surface area (Å²) in [5.41, 5.74) is 2.51. The van der Waals surface area contributed by atoms with Crippen molar-refractivity contribution in [1.82, 2.24) is 10.6 Å². The minimum Gasteiger partial charge on any atom is -0.391 e. The number of Topliss-reactive ketones (excluding diaryl/α,β-unsaturated/α-hetero) is 1. The van der Waals surface area contributed by atoms with Crippen molar-refractivity contribution >= 4 is 23.3 Å². The highest BCUT2D eigenvalue weighted by Crippen LogP contribution is 2.11. The second kappa shape index (κ2) is 13.9. The average Bonchev–Trinajstić information content (AvgIpc) is 2.90. The van der Waals surface area contributed by atoms with Crippen molar-refractivity contribution in [3.63, 3.8) is 0 Å². The molecular weight excluding hydrogens is 508 g/mol. The van der Waals surface area contributed by atoms with Crippen LogP contribution in [0.3, 0.4) is 0 Å². The first-order valence-corrected chi connectivity index (χ1v) is 11.9. The third-order valence-corrected chi connectivity index (χ3v) is 5.48. The lowest BCUT2D eigenvalue weighted by molar-refractivity contribution is -0.125. The predicted molar refractivity (Wildman–Crippen MR) is 141 cm³/mol. The molecule has 0 bridgehead atoms. The summed E-state index contributed by atoms with van der Waals surface area (Å²) in [6.45, 7) is 0.631. The summed E-state index contributed by atoms with van der Waals surface area (Å²) >= 11 is 0. The Hall–Kier alpha value is -4.43. The van der Waals surface area contributed by atoms with Crippen LogP contribution in [0, 0.1) is 23.5 Å². The van der Waals surface area contributed by atoms with Crippen molar-refractivity contribution in [1.29, 1.82) is 0 Å². The minimum absolute atomic E-state index is 0.0505. The highest BCUT2D eigenvalue weighted by molar-refractivity contribution is 5.98. The van der Waals surface area contributed by atoms with E-state index < -0.39 is 42.1 Å². The van der Waals surface area contributed by atoms with E-state index in [-0.39, 0.29) is 24.6 Å². The topological polar surface area (TPSA) is 128 Å². The zero-order valence-corrected chi connectivity index (χ0v) is 21.0. The molecule has 0 unspecified atom stereocenters. The summed E-state index contributed by atoms with van der Waals surface area (Å²) < 4.78 is 26.5. The molecule has 0 radical (unpaired) electrons. The van der Waals surface area contributed by atoms with Crippen LogP contribution in [-0.4, -0.2) is 53.1 Å². The molecule has 0 saturated heterocycles. The second-order valence-electron chi connectivity index (χ2n) is 8.65. The van der Waals surface area contributed by atoms with Gasteiger partial charge in [0.05, 0.1) is 12.6 Å². The molecule has 0 aliphatic carbocycles. The molecule has 3 rings (SSSR count). The second-order valence-corrected chi connectivity index (χ2v) is 8.65. The quantitative estimate of drug-likeness (QED) is 0.253. The lowest BCUT2D eigenvalue weighted by Gasteiger charge is -2.19. The zero-order chi connectivity index (χ0) is 28.4. The number of aliphatic hydroxyl groups excluding tert-OH is 2. The van der Waals surface area contributed by atoms with E-state index in [1.807, 2.05) is 0 Å². The molecule has 0 aliphatic heterocycles. The molecule has 0 aromatic heterocycles. The first kappa shape index (κ1) is 29.1. The van der Waals surface area contributed by atoms with Gasteiger partial charge in [0.25, 0.3) is 5.91 Å². The number of carbonyl (C=O) groups is 3. The Morgan fingerprint density at radius 3 is 2.00 bits per heavy atom. The first-order valence-electron chi connectivity index (χ1n) is 11.9. The molecule has 202 valence electrons. The van der Waals surface area contributed by atoms with Crippen molar-refractivity contribution < 1.29 is 33.4 Å². The van der Waals surface area contributed by atoms with E-state index >= 15 is 0 Å². The molecule has 2 atom stereocenters. The van der Waals surface area contributed by atoms with Crippen LogP contribution in [0.1, 0.15) is 34.0 Å². The number of anilines is 1. The van der Waals surface area contributed by atoms with E-state index in [1.165, 1.54) is 31.2 Å². The minimum atomic E-state index is -1.21. The standard InChI is InChI=1S/C29H27F2N3O5/c1-18(36)28(26(37)17-35)34-29(39)22-8-4-19(5-9-22)2-3-20-6-10-25(11-7-20)33-27(38)16-32-15-21-12-23(30)14-24(31)13-21/h4-14,18,28,32,35-36H,15-17H2,1H3,(H,33,38)(H,34,39)/t18-,28+/m1/s1. The van der Waals surface area contributed by atoms with Crippen molar-refractivity contribution in [2.75, 3.05) is 18.5 Å². The van der Waals surface area contributed by atoms with E-state index in [0.29, 0.717) is 22.4 Å². The smallest absolute Gasteiger partial charge is 0.251 e. The Morgan fingerprint density at radius 1 is 0.897 bits per heavy atom. The van der Waals surface area contributed by atoms with Gasteiger partial charge in [-0.1, -0.05) is 11.8 Å². The molecule has 3 aromatic rings. The van der Waals surface area contributed by atoms with Gasteiger partial charge in [0.2, 0.25) is 5.91 Å². The van der Waals surface area contributed by atoms with Crippen LogP contribution in [0.2, 0.25) is 0 Å². The van der Waals surface area contributed by atoms with Gasteiger partial charge in [-0.15, -0.1) is 0 Å². The van der Waals surface area contributed by atoms with E-state index in [2.05, 4.69) is 27.8 Å². The van der Waals surface area contributed by atoms with Crippen molar-refractivity contribution in [2.45, 2.75) is 25.6 Å². The molecule has 0 spiro atoms. The maximum absolute atomic E-state index is 13.2. The molecule has 8 nitrogen and oxygen atoms in total. The highest BCUT2D eigenvalue weighted by atomic mass is 19.1. The van der Waals surface area contributed by atoms with Crippen LogP contribution in [-0.2, 0) is 16.1 Å². The normalized spacial score (nSPS) is 12.0. The maximum atomic E-state index is 13.2. The highest BCUT2D eigenvalue weighted by Gasteiger charge is 2.25. The van der Waals surface area contributed by atoms with Crippen LogP contribution in [0.25, 0.3) is 0 Å². The van der Waals surface area contributed by atoms with Gasteiger partial charge in [-0.25, -0.2) is 8.78 Å². The summed E-state index contributed by atoms with van der Waals surface area (Å²) in [7, 11) is 0. The number of aliphatic hydroxyl groups is 2. The number of amides is 2. The molecule has 2 amide bonds. The Bertz CT molecular complexity index is 1360. The lowest BCUT2D eigenvalue weighted by atomic mass is 10.1. The van der Waals surface area contributed by atoms with Crippen LogP contribution in [0.5, 0.6) is 0 Å². The SMILES string of the molecule is C[C@@H](O)[C@H](NC(=O)c1ccc(C#Cc2ccc(NC(=O)CNCc3cc(F)cc(F)c3)cc2)cc1)C(=O)CO. The van der Waals surface area contributed by atoms with Gasteiger partial charge in [0.15, 0.2) is 5.78 Å². The summed E-state index contributed by atoms with van der Waals surface area (Å²) in [4.78, 5) is 36.2. The average molecular weight is 536 g/mol. The molecule has 0 heterocycles. The fourth-order valence-corrected chi connectivity index (χ4v) is 3.52. The summed E-state index contributed by atoms with van der Waals surface area (Å²) in [6, 6.07) is 15.1. The number of rotatable bonds is 10. The first-order chi connectivity index (χ1) is 18.6. The van der Waals surface area contributed by atoms with E-state index in [1.54, 1.807) is 36.4 Å². The number of hydrogen-bond donors (Lipinski definition) is 5. The van der Waals surface area contributed by atoms with Gasteiger partial charge in [-0.2, -0.15) is 0 Å². The van der Waals surface area contributed by atoms with Crippen LogP contribution < -0.4 is 16.0 Å². The Kier molecular flexibility index (Phi) is 10.4. The molecule has 10 heteroatoms. The van der Waals surface area contributed by atoms with Crippen molar-refractivity contribution in [3.8, 4) is 11.8 Å². The summed E-state index contributed by atoms with van der Waals surface area (Å²) in [6.07, 6.45) is -1.16. The van der Waals surface area contributed by atoms with E-state index in [9.17, 15) is 28.3 Å². The summed E-state index contributed by atoms with van der Waals surface area (Å²) in [5.74, 6) is 2.99. The Labute approximate surface area is 224 Å². The van der Waals surface area contributed by atoms with E-state index in [4.69, 9.17) is 5.11 Å². The molecular formula is C29H27F2N3O5. The zero-order valence-electron chi connectivity index (χ0n) is 21.0. The molecule has 3 aromatic carbocycles. The van der Waals surface area contributed by atoms with Gasteiger partial charge in [0, 0.05) is 35.0 Å². The lowest BCUT2D eigenvalue weighted by Crippen LogP contribution is -2.48. The summed E-state index contributed by atoms with van der Waals surface area (Å²) in [5, 5.41) is 26.6. The van der Waals surface area contributed by atoms with Gasteiger partial charge in [-0.3, -0.25) is 14.4 Å². The third-order valence-electron chi connectivity index (χ3n) is 5.48. The van der Waals surface area contributed by atoms with Crippen LogP contribution >= 0.6 is 0 Å². The number of carbonyl (C=O) groups excluding carboxylic acids is 3. The molecule has 39 heavy (non-hydrogen) atoms. The molecule has 0 fully saturated rings. The molecule has 0 aliphatic rings. The Balaban J connectivity index is 1.50. The number of halogens is 2. The van der Waals surface area contributed by atoms with Gasteiger partial charge >= 0.3 is 0 Å². The monoisotopic (exact) mass is 535 g/mol. The van der Waals surface area contributed by atoms with Crippen LogP contribution in [0.15, 0.2) is 66.7 Å². The number of nitrogens with one attached hydrogen (secondary N) is 3. The van der Waals surface area contributed by atoms with Crippen LogP contribution in [0.4, 0.5) is 14.5 Å². The number of benzene rings is 3. The van der Waals surface area contributed by atoms with Gasteiger partial charge < -0.3 is 26.2 Å². The number of hydrogen-bond acceptors (Lipinski definition) is 6. The van der Waals surface area contributed by atoms with Crippen molar-refractivity contribution in [2.24, 2.45) is 0 Å². The fourth-order valence-electron chi connectivity index (χ4n) is 3.52. The third kappa shape index (κ3) is 9.12. The van der Waals surface area contributed by atoms with E-state index in [0.717, 1.165) is 6.07 Å². The molecule has 0 saturated carbocycles. The largest absolute Gasteiger partial charge is 0.391 e. The van der Waals surface area contributed by atoms with Gasteiger partial charge in [-0.05, 0) is 73.2 Å². The fraction of sp³-hybridized carbons (Fsp3) is 0.207. The predicted octanol–water partition coefficient (Wildman–Crippen LogP) is 2.13. The maximum Gasteiger partial charge on any atom is 0.251 e. The van der Waals surface area contributed by atoms with Crippen molar-refractivity contribution in [3.05, 3.63) is 101 Å². The number of ketones is 1. The Morgan fingerprint density at radius 2 is 1.46 bits per heavy atom.